The maximum Gasteiger partial charge on any atom is 0.243 e. The molecule has 5 rings (SSSR count). The molecule has 0 spiro atoms. The van der Waals surface area contributed by atoms with E-state index in [2.05, 4.69) is 22.6 Å². The van der Waals surface area contributed by atoms with Gasteiger partial charge >= 0.3 is 0 Å². The second-order valence-electron chi connectivity index (χ2n) is 11.6. The number of hydrogen-bond donors (Lipinski definition) is 2. The zero-order valence-corrected chi connectivity index (χ0v) is 24.7. The highest BCUT2D eigenvalue weighted by molar-refractivity contribution is 5.91. The number of likely N-dealkylation sites (tertiary alicyclic amines) is 2. The monoisotopic (exact) mass is 575 g/mol. The normalized spacial score (nSPS) is 21.1. The van der Waals surface area contributed by atoms with Crippen LogP contribution in [0, 0.1) is 5.92 Å². The molecule has 0 saturated carbocycles. The highest BCUT2D eigenvalue weighted by Gasteiger charge is 2.41. The van der Waals surface area contributed by atoms with Gasteiger partial charge in [0, 0.05) is 39.1 Å². The standard InChI is InChI=1S/C31H41N7O4/c1-20-5-4-14-37(20)29(39)13-11-25(32)31(41)38-19-23(15-21-6-9-24(42-3)10-7-21)17-28(38)30(40)33-18-22-8-12-27-26(16-22)34-35-36(27)2/h6-10,12,16,20,23,25,28H,4-5,11,13-15,17-19,32H2,1-3H3,(H,33,40)/t20-,23+,25+,28-/m0/s1. The van der Waals surface area contributed by atoms with Crippen LogP contribution in [0.15, 0.2) is 42.5 Å². The second kappa shape index (κ2) is 12.9. The van der Waals surface area contributed by atoms with Crippen molar-refractivity contribution in [3.63, 3.8) is 0 Å². The molecule has 11 heteroatoms. The number of aromatic nitrogens is 3. The van der Waals surface area contributed by atoms with E-state index < -0.39 is 12.1 Å². The van der Waals surface area contributed by atoms with E-state index in [0.717, 1.165) is 53.7 Å². The summed E-state index contributed by atoms with van der Waals surface area (Å²) < 4.78 is 6.97. The highest BCUT2D eigenvalue weighted by Crippen LogP contribution is 2.29. The first-order valence-electron chi connectivity index (χ1n) is 14.8. The molecular formula is C31H41N7O4. The fraction of sp³-hybridized carbons (Fsp3) is 0.516. The van der Waals surface area contributed by atoms with Crippen molar-refractivity contribution >= 4 is 28.8 Å². The van der Waals surface area contributed by atoms with Crippen LogP contribution in [-0.4, -0.2) is 80.8 Å². The number of carbonyl (C=O) groups excluding carboxylic acids is 3. The summed E-state index contributed by atoms with van der Waals surface area (Å²) in [5, 5.41) is 11.2. The van der Waals surface area contributed by atoms with Gasteiger partial charge in [0.05, 0.1) is 18.7 Å². The van der Waals surface area contributed by atoms with E-state index in [1.165, 1.54) is 0 Å². The van der Waals surface area contributed by atoms with Gasteiger partial charge in [0.1, 0.15) is 17.3 Å². The first kappa shape index (κ1) is 29.5. The van der Waals surface area contributed by atoms with Crippen LogP contribution in [0.25, 0.3) is 11.0 Å². The first-order chi connectivity index (χ1) is 20.2. The van der Waals surface area contributed by atoms with Gasteiger partial charge in [-0.3, -0.25) is 14.4 Å². The lowest BCUT2D eigenvalue weighted by molar-refractivity contribution is -0.140. The topological polar surface area (TPSA) is 136 Å². The predicted octanol–water partition coefficient (Wildman–Crippen LogP) is 2.17. The Morgan fingerprint density at radius 1 is 1.12 bits per heavy atom. The molecule has 0 aliphatic carbocycles. The van der Waals surface area contributed by atoms with Crippen molar-refractivity contribution in [2.24, 2.45) is 18.7 Å². The lowest BCUT2D eigenvalue weighted by Gasteiger charge is -2.27. The predicted molar refractivity (Wildman–Crippen MR) is 158 cm³/mol. The molecular weight excluding hydrogens is 534 g/mol. The quantitative estimate of drug-likeness (QED) is 0.378. The van der Waals surface area contributed by atoms with Gasteiger partial charge in [0.25, 0.3) is 0 Å². The molecule has 0 radical (unpaired) electrons. The molecule has 2 fully saturated rings. The van der Waals surface area contributed by atoms with Crippen LogP contribution in [0.1, 0.15) is 50.2 Å². The van der Waals surface area contributed by atoms with Gasteiger partial charge in [-0.15, -0.1) is 5.10 Å². The molecule has 0 bridgehead atoms. The number of hydrogen-bond acceptors (Lipinski definition) is 7. The van der Waals surface area contributed by atoms with E-state index in [1.807, 2.05) is 54.4 Å². The zero-order valence-electron chi connectivity index (χ0n) is 24.7. The van der Waals surface area contributed by atoms with Crippen LogP contribution in [-0.2, 0) is 34.4 Å². The van der Waals surface area contributed by atoms with Crippen LogP contribution in [0.2, 0.25) is 0 Å². The van der Waals surface area contributed by atoms with E-state index in [1.54, 1.807) is 16.7 Å². The molecule has 11 nitrogen and oxygen atoms in total. The lowest BCUT2D eigenvalue weighted by atomic mass is 9.96. The summed E-state index contributed by atoms with van der Waals surface area (Å²) in [4.78, 5) is 43.4. The molecule has 3 heterocycles. The van der Waals surface area contributed by atoms with Crippen LogP contribution in [0.5, 0.6) is 5.75 Å². The number of aryl methyl sites for hydroxylation is 1. The number of nitrogens with zero attached hydrogens (tertiary/aromatic N) is 5. The van der Waals surface area contributed by atoms with Crippen molar-refractivity contribution in [1.29, 1.82) is 0 Å². The molecule has 3 amide bonds. The molecule has 2 aliphatic heterocycles. The smallest absolute Gasteiger partial charge is 0.243 e. The Labute approximate surface area is 246 Å². The van der Waals surface area contributed by atoms with Crippen LogP contribution < -0.4 is 15.8 Å². The molecule has 0 unspecified atom stereocenters. The summed E-state index contributed by atoms with van der Waals surface area (Å²) in [5.41, 5.74) is 10.0. The fourth-order valence-corrected chi connectivity index (χ4v) is 6.22. The number of nitrogens with one attached hydrogen (secondary N) is 1. The van der Waals surface area contributed by atoms with Gasteiger partial charge in [-0.25, -0.2) is 4.68 Å². The molecule has 2 saturated heterocycles. The van der Waals surface area contributed by atoms with Gasteiger partial charge in [0.2, 0.25) is 17.7 Å². The maximum atomic E-state index is 13.6. The van der Waals surface area contributed by atoms with Crippen LogP contribution in [0.3, 0.4) is 0 Å². The van der Waals surface area contributed by atoms with E-state index >= 15 is 0 Å². The SMILES string of the molecule is COc1ccc(C[C@@H]2C[C@@H](C(=O)NCc3ccc4c(c3)nnn4C)N(C(=O)[C@H](N)CCC(=O)N3CCC[C@@H]3C)C2)cc1. The van der Waals surface area contributed by atoms with Crippen molar-refractivity contribution < 1.29 is 19.1 Å². The number of methoxy groups -OCH3 is 1. The average Bonchev–Trinajstić information content (AvgIpc) is 3.72. The van der Waals surface area contributed by atoms with E-state index in [-0.39, 0.29) is 42.5 Å². The summed E-state index contributed by atoms with van der Waals surface area (Å²) in [6, 6.07) is 12.4. The van der Waals surface area contributed by atoms with Crippen LogP contribution in [0.4, 0.5) is 0 Å². The molecule has 1 aromatic heterocycles. The molecule has 224 valence electrons. The summed E-state index contributed by atoms with van der Waals surface area (Å²) in [5.74, 6) is 0.414. The summed E-state index contributed by atoms with van der Waals surface area (Å²) in [6.07, 6.45) is 3.74. The highest BCUT2D eigenvalue weighted by atomic mass is 16.5. The molecule has 2 aliphatic rings. The lowest BCUT2D eigenvalue weighted by Crippen LogP contribution is -2.51. The molecule has 4 atom stereocenters. The fourth-order valence-electron chi connectivity index (χ4n) is 6.22. The minimum absolute atomic E-state index is 0.0384. The number of carbonyl (C=O) groups is 3. The van der Waals surface area contributed by atoms with Gasteiger partial charge in [-0.2, -0.15) is 0 Å². The number of rotatable bonds is 10. The number of ether oxygens (including phenoxy) is 1. The summed E-state index contributed by atoms with van der Waals surface area (Å²) in [6.45, 7) is 3.55. The molecule has 2 aromatic carbocycles. The molecule has 42 heavy (non-hydrogen) atoms. The molecule has 3 N–H and O–H groups in total. The summed E-state index contributed by atoms with van der Waals surface area (Å²) in [7, 11) is 3.46. The van der Waals surface area contributed by atoms with Gasteiger partial charge in [-0.1, -0.05) is 23.4 Å². The van der Waals surface area contributed by atoms with Crippen LogP contribution >= 0.6 is 0 Å². The molecule has 3 aromatic rings. The average molecular weight is 576 g/mol. The number of amides is 3. The third-order valence-electron chi connectivity index (χ3n) is 8.66. The number of nitrogens with two attached hydrogens (primary N) is 1. The largest absolute Gasteiger partial charge is 0.497 e. The van der Waals surface area contributed by atoms with E-state index in [0.29, 0.717) is 19.5 Å². The Hall–Kier alpha value is -3.99. The third kappa shape index (κ3) is 6.56. The Balaban J connectivity index is 1.25. The zero-order chi connectivity index (χ0) is 29.8. The van der Waals surface area contributed by atoms with E-state index in [4.69, 9.17) is 10.5 Å². The summed E-state index contributed by atoms with van der Waals surface area (Å²) >= 11 is 0. The van der Waals surface area contributed by atoms with Gasteiger partial charge in [0.15, 0.2) is 0 Å². The Morgan fingerprint density at radius 2 is 1.88 bits per heavy atom. The first-order valence-corrected chi connectivity index (χ1v) is 14.8. The van der Waals surface area contributed by atoms with Crippen molar-refractivity contribution in [3.05, 3.63) is 53.6 Å². The minimum atomic E-state index is -0.846. The number of benzene rings is 2. The second-order valence-corrected chi connectivity index (χ2v) is 11.6. The Kier molecular flexibility index (Phi) is 9.06. The van der Waals surface area contributed by atoms with E-state index in [9.17, 15) is 14.4 Å². The van der Waals surface area contributed by atoms with Crippen molar-refractivity contribution in [3.8, 4) is 5.75 Å². The maximum absolute atomic E-state index is 13.6. The van der Waals surface area contributed by atoms with Gasteiger partial charge < -0.3 is 25.6 Å². The van der Waals surface area contributed by atoms with Gasteiger partial charge in [-0.05, 0) is 80.3 Å². The minimum Gasteiger partial charge on any atom is -0.497 e. The third-order valence-corrected chi connectivity index (χ3v) is 8.66. The Morgan fingerprint density at radius 3 is 2.60 bits per heavy atom. The van der Waals surface area contributed by atoms with Crippen molar-refractivity contribution in [2.75, 3.05) is 20.2 Å². The van der Waals surface area contributed by atoms with Crippen molar-refractivity contribution in [2.45, 2.75) is 70.1 Å². The number of fused-ring (bicyclic) bond motifs is 1. The van der Waals surface area contributed by atoms with Crippen molar-refractivity contribution in [1.82, 2.24) is 30.1 Å². The Bertz CT molecular complexity index is 1420.